The van der Waals surface area contributed by atoms with E-state index in [0.717, 1.165) is 17.7 Å². The predicted octanol–water partition coefficient (Wildman–Crippen LogP) is 5.15. The van der Waals surface area contributed by atoms with Crippen molar-refractivity contribution in [3.05, 3.63) is 83.9 Å². The van der Waals surface area contributed by atoms with Gasteiger partial charge in [-0.3, -0.25) is 4.79 Å². The first-order valence-corrected chi connectivity index (χ1v) is 10.5. The minimum absolute atomic E-state index is 0.00860. The molecule has 3 aromatic carbocycles. The van der Waals surface area contributed by atoms with Crippen LogP contribution in [-0.2, 0) is 17.4 Å². The molecule has 0 unspecified atom stereocenters. The second kappa shape index (κ2) is 9.88. The van der Waals surface area contributed by atoms with Gasteiger partial charge < -0.3 is 14.8 Å². The zero-order valence-corrected chi connectivity index (χ0v) is 18.8. The van der Waals surface area contributed by atoms with Crippen molar-refractivity contribution >= 4 is 11.6 Å². The Balaban J connectivity index is 1.54. The number of benzene rings is 3. The van der Waals surface area contributed by atoms with E-state index in [9.17, 15) is 18.0 Å². The summed E-state index contributed by atoms with van der Waals surface area (Å²) in [5, 5.41) is 7.05. The molecule has 0 atom stereocenters. The van der Waals surface area contributed by atoms with Crippen molar-refractivity contribution in [2.75, 3.05) is 19.5 Å². The van der Waals surface area contributed by atoms with Gasteiger partial charge in [-0.15, -0.1) is 5.10 Å². The molecule has 180 valence electrons. The second-order valence-electron chi connectivity index (χ2n) is 7.53. The van der Waals surface area contributed by atoms with Crippen LogP contribution >= 0.6 is 0 Å². The van der Waals surface area contributed by atoms with Gasteiger partial charge in [0.15, 0.2) is 5.82 Å². The molecule has 0 bridgehead atoms. The van der Waals surface area contributed by atoms with Gasteiger partial charge in [0, 0.05) is 11.3 Å². The molecule has 35 heavy (non-hydrogen) atoms. The average molecular weight is 482 g/mol. The number of nitrogens with one attached hydrogen (secondary N) is 1. The average Bonchev–Trinajstić information content (AvgIpc) is 3.29. The van der Waals surface area contributed by atoms with Crippen LogP contribution in [0.15, 0.2) is 72.8 Å². The van der Waals surface area contributed by atoms with Crippen LogP contribution in [0.1, 0.15) is 11.1 Å². The van der Waals surface area contributed by atoms with Crippen LogP contribution in [0.25, 0.3) is 17.1 Å². The van der Waals surface area contributed by atoms with Gasteiger partial charge in [-0.25, -0.2) is 4.68 Å². The monoisotopic (exact) mass is 482 g/mol. The van der Waals surface area contributed by atoms with Gasteiger partial charge in [0.1, 0.15) is 5.75 Å². The first-order chi connectivity index (χ1) is 16.8. The second-order valence-corrected chi connectivity index (χ2v) is 7.53. The lowest BCUT2D eigenvalue weighted by molar-refractivity contribution is -0.137. The molecular formula is C25H21F3N4O3. The summed E-state index contributed by atoms with van der Waals surface area (Å²) in [6.07, 6.45) is -4.30. The summed E-state index contributed by atoms with van der Waals surface area (Å²) in [6.45, 7) is 0. The third-order valence-corrected chi connectivity index (χ3v) is 5.14. The van der Waals surface area contributed by atoms with Crippen LogP contribution < -0.4 is 14.8 Å². The number of hydrogen-bond donors (Lipinski definition) is 1. The number of alkyl halides is 3. The number of ether oxygens (including phenoxy) is 2. The molecule has 4 aromatic rings. The van der Waals surface area contributed by atoms with E-state index >= 15 is 0 Å². The van der Waals surface area contributed by atoms with E-state index in [1.807, 2.05) is 12.1 Å². The van der Waals surface area contributed by atoms with Gasteiger partial charge in [-0.1, -0.05) is 24.3 Å². The topological polar surface area (TPSA) is 78.3 Å². The number of aromatic nitrogens is 3. The molecule has 0 fully saturated rings. The standard InChI is InChI=1S/C25H21F3N4O3/c1-34-21-12-6-16(7-13-21)14-22(33)29-19-8-10-20(11-9-19)32-23(30-24(31-32)35-2)17-4-3-5-18(15-17)25(26,27)28/h3-13,15H,14H2,1-2H3,(H,29,33). The fourth-order valence-corrected chi connectivity index (χ4v) is 3.40. The van der Waals surface area contributed by atoms with Crippen LogP contribution in [-0.4, -0.2) is 34.9 Å². The molecule has 0 aliphatic heterocycles. The van der Waals surface area contributed by atoms with Gasteiger partial charge in [0.05, 0.1) is 31.9 Å². The molecule has 10 heteroatoms. The van der Waals surface area contributed by atoms with Crippen molar-refractivity contribution in [3.8, 4) is 28.8 Å². The number of nitrogens with zero attached hydrogens (tertiary/aromatic N) is 3. The van der Waals surface area contributed by atoms with Crippen molar-refractivity contribution in [1.29, 1.82) is 0 Å². The number of amides is 1. The highest BCUT2D eigenvalue weighted by Crippen LogP contribution is 2.33. The summed E-state index contributed by atoms with van der Waals surface area (Å²) >= 11 is 0. The van der Waals surface area contributed by atoms with E-state index in [4.69, 9.17) is 9.47 Å². The van der Waals surface area contributed by atoms with Crippen LogP contribution in [0, 0.1) is 0 Å². The Kier molecular flexibility index (Phi) is 6.72. The third kappa shape index (κ3) is 5.60. The lowest BCUT2D eigenvalue weighted by atomic mass is 10.1. The van der Waals surface area contributed by atoms with E-state index in [0.29, 0.717) is 17.1 Å². The molecule has 0 aliphatic carbocycles. The number of carbonyl (C=O) groups is 1. The number of anilines is 1. The van der Waals surface area contributed by atoms with Gasteiger partial charge in [0.2, 0.25) is 5.91 Å². The van der Waals surface area contributed by atoms with Crippen molar-refractivity contribution < 1.29 is 27.4 Å². The number of carbonyl (C=O) groups excluding carboxylic acids is 1. The molecule has 0 saturated heterocycles. The molecule has 0 saturated carbocycles. The Morgan fingerprint density at radius 3 is 2.31 bits per heavy atom. The molecule has 1 N–H and O–H groups in total. The summed E-state index contributed by atoms with van der Waals surface area (Å²) in [6, 6.07) is 18.7. The van der Waals surface area contributed by atoms with E-state index in [-0.39, 0.29) is 29.7 Å². The SMILES string of the molecule is COc1ccc(CC(=O)Nc2ccc(-n3nc(OC)nc3-c3cccc(C(F)(F)F)c3)cc2)cc1. The maximum atomic E-state index is 13.2. The van der Waals surface area contributed by atoms with E-state index < -0.39 is 11.7 Å². The summed E-state index contributed by atoms with van der Waals surface area (Å²) in [4.78, 5) is 16.6. The number of hydrogen-bond acceptors (Lipinski definition) is 5. The number of rotatable bonds is 7. The maximum absolute atomic E-state index is 13.2. The minimum Gasteiger partial charge on any atom is -0.497 e. The van der Waals surface area contributed by atoms with Crippen LogP contribution in [0.5, 0.6) is 11.8 Å². The van der Waals surface area contributed by atoms with E-state index in [1.54, 1.807) is 43.5 Å². The van der Waals surface area contributed by atoms with Crippen molar-refractivity contribution in [3.63, 3.8) is 0 Å². The highest BCUT2D eigenvalue weighted by atomic mass is 19.4. The van der Waals surface area contributed by atoms with Gasteiger partial charge in [0.25, 0.3) is 0 Å². The quantitative estimate of drug-likeness (QED) is 0.394. The fourth-order valence-electron chi connectivity index (χ4n) is 3.40. The van der Waals surface area contributed by atoms with Crippen LogP contribution in [0.2, 0.25) is 0 Å². The molecule has 0 spiro atoms. The lowest BCUT2D eigenvalue weighted by Crippen LogP contribution is -2.14. The maximum Gasteiger partial charge on any atom is 0.416 e. The van der Waals surface area contributed by atoms with Gasteiger partial charge in [-0.05, 0) is 54.1 Å². The highest BCUT2D eigenvalue weighted by molar-refractivity contribution is 5.92. The zero-order valence-electron chi connectivity index (χ0n) is 18.8. The van der Waals surface area contributed by atoms with Crippen molar-refractivity contribution in [1.82, 2.24) is 14.8 Å². The number of halogens is 3. The normalized spacial score (nSPS) is 11.2. The van der Waals surface area contributed by atoms with Crippen molar-refractivity contribution in [2.45, 2.75) is 12.6 Å². The number of methoxy groups -OCH3 is 2. The largest absolute Gasteiger partial charge is 0.497 e. The van der Waals surface area contributed by atoms with Crippen molar-refractivity contribution in [2.24, 2.45) is 0 Å². The molecular weight excluding hydrogens is 461 g/mol. The Bertz CT molecular complexity index is 1320. The first-order valence-electron chi connectivity index (χ1n) is 10.5. The lowest BCUT2D eigenvalue weighted by Gasteiger charge is -2.10. The molecule has 7 nitrogen and oxygen atoms in total. The van der Waals surface area contributed by atoms with Crippen LogP contribution in [0.4, 0.5) is 18.9 Å². The van der Waals surface area contributed by atoms with E-state index in [2.05, 4.69) is 15.4 Å². The molecule has 1 aromatic heterocycles. The Labute approximate surface area is 199 Å². The Morgan fingerprint density at radius 2 is 1.69 bits per heavy atom. The summed E-state index contributed by atoms with van der Waals surface area (Å²) in [7, 11) is 2.94. The highest BCUT2D eigenvalue weighted by Gasteiger charge is 2.31. The third-order valence-electron chi connectivity index (χ3n) is 5.14. The summed E-state index contributed by atoms with van der Waals surface area (Å²) < 4.78 is 51.2. The van der Waals surface area contributed by atoms with Gasteiger partial charge >= 0.3 is 12.2 Å². The minimum atomic E-state index is -4.49. The van der Waals surface area contributed by atoms with Crippen LogP contribution in [0.3, 0.4) is 0 Å². The molecule has 1 heterocycles. The summed E-state index contributed by atoms with van der Waals surface area (Å²) in [5.74, 6) is 0.693. The molecule has 0 radical (unpaired) electrons. The molecule has 0 aliphatic rings. The fraction of sp³-hybridized carbons (Fsp3) is 0.160. The molecule has 1 amide bonds. The molecule has 4 rings (SSSR count). The predicted molar refractivity (Wildman–Crippen MR) is 124 cm³/mol. The first kappa shape index (κ1) is 23.8. The van der Waals surface area contributed by atoms with E-state index in [1.165, 1.54) is 23.9 Å². The Hall–Kier alpha value is -4.34. The summed E-state index contributed by atoms with van der Waals surface area (Å²) in [5.41, 5.74) is 1.35. The Morgan fingerprint density at radius 1 is 0.971 bits per heavy atom. The van der Waals surface area contributed by atoms with Gasteiger partial charge in [-0.2, -0.15) is 18.2 Å². The smallest absolute Gasteiger partial charge is 0.416 e. The zero-order chi connectivity index (χ0) is 25.0.